The van der Waals surface area contributed by atoms with E-state index in [9.17, 15) is 14.4 Å². The summed E-state index contributed by atoms with van der Waals surface area (Å²) in [5, 5.41) is 0. The fraction of sp³-hybridized carbons (Fsp3) is 0.235. The number of nitrogens with zero attached hydrogens (tertiary/aromatic N) is 7. The number of fused-ring (bicyclic) bond motifs is 1. The van der Waals surface area contributed by atoms with E-state index in [2.05, 4.69) is 24.9 Å². The highest BCUT2D eigenvalue weighted by molar-refractivity contribution is 5.71. The van der Waals surface area contributed by atoms with Gasteiger partial charge in [-0.15, -0.1) is 0 Å². The van der Waals surface area contributed by atoms with Crippen molar-refractivity contribution >= 4 is 29.3 Å². The summed E-state index contributed by atoms with van der Waals surface area (Å²) in [6, 6.07) is 0. The van der Waals surface area contributed by atoms with Gasteiger partial charge in [0.1, 0.15) is 38.7 Å². The SMILES string of the molecule is Nc1nc2c(ncn2COC(COC(=O)n2ccnc2)COC(=O)n2ccnc2)c(=O)[nH]1. The number of anilines is 1. The summed E-state index contributed by atoms with van der Waals surface area (Å²) in [5.41, 5.74) is 5.38. The van der Waals surface area contributed by atoms with Crippen LogP contribution < -0.4 is 11.3 Å². The Balaban J connectivity index is 1.43. The molecular formula is C17H17N9O6. The molecule has 32 heavy (non-hydrogen) atoms. The molecule has 4 aromatic rings. The van der Waals surface area contributed by atoms with Gasteiger partial charge in [0, 0.05) is 24.8 Å². The van der Waals surface area contributed by atoms with E-state index in [4.69, 9.17) is 19.9 Å². The first-order valence-electron chi connectivity index (χ1n) is 9.13. The Hall–Kier alpha value is -4.53. The number of nitrogen functional groups attached to an aromatic ring is 1. The third-order valence-electron chi connectivity index (χ3n) is 4.16. The Morgan fingerprint density at radius 3 is 2.22 bits per heavy atom. The first-order valence-corrected chi connectivity index (χ1v) is 9.13. The summed E-state index contributed by atoms with van der Waals surface area (Å²) >= 11 is 0. The van der Waals surface area contributed by atoms with Crippen LogP contribution in [0.5, 0.6) is 0 Å². The number of hydrogen-bond acceptors (Lipinski definition) is 11. The molecule has 0 spiro atoms. The van der Waals surface area contributed by atoms with E-state index < -0.39 is 23.8 Å². The highest BCUT2D eigenvalue weighted by Crippen LogP contribution is 2.08. The summed E-state index contributed by atoms with van der Waals surface area (Å²) in [6.45, 7) is -0.615. The number of nitrogens with one attached hydrogen (secondary N) is 1. The molecule has 4 rings (SSSR count). The van der Waals surface area contributed by atoms with Crippen LogP contribution in [0.25, 0.3) is 11.2 Å². The number of rotatable bonds is 7. The van der Waals surface area contributed by atoms with Crippen molar-refractivity contribution in [1.29, 1.82) is 0 Å². The molecular weight excluding hydrogens is 426 g/mol. The number of carbonyl (C=O) groups excluding carboxylic acids is 2. The fourth-order valence-electron chi connectivity index (χ4n) is 2.61. The number of carbonyl (C=O) groups is 2. The van der Waals surface area contributed by atoms with Crippen LogP contribution in [0.4, 0.5) is 15.5 Å². The lowest BCUT2D eigenvalue weighted by Gasteiger charge is -2.18. The summed E-state index contributed by atoms with van der Waals surface area (Å²) in [4.78, 5) is 54.0. The Morgan fingerprint density at radius 2 is 1.66 bits per heavy atom. The van der Waals surface area contributed by atoms with Crippen LogP contribution in [0.1, 0.15) is 0 Å². The van der Waals surface area contributed by atoms with Crippen molar-refractivity contribution < 1.29 is 23.8 Å². The van der Waals surface area contributed by atoms with Crippen molar-refractivity contribution in [2.24, 2.45) is 0 Å². The highest BCUT2D eigenvalue weighted by Gasteiger charge is 2.18. The Bertz CT molecular complexity index is 1210. The van der Waals surface area contributed by atoms with Crippen molar-refractivity contribution in [3.05, 3.63) is 54.1 Å². The van der Waals surface area contributed by atoms with E-state index in [1.54, 1.807) is 0 Å². The van der Waals surface area contributed by atoms with Crippen molar-refractivity contribution in [2.75, 3.05) is 18.9 Å². The quantitative estimate of drug-likeness (QED) is 0.385. The molecule has 0 aliphatic rings. The molecule has 0 bridgehead atoms. The van der Waals surface area contributed by atoms with E-state index in [-0.39, 0.29) is 37.1 Å². The highest BCUT2D eigenvalue weighted by atomic mass is 16.6. The molecule has 0 amide bonds. The zero-order valence-corrected chi connectivity index (χ0v) is 16.4. The van der Waals surface area contributed by atoms with E-state index >= 15 is 0 Å². The first-order chi connectivity index (χ1) is 15.5. The van der Waals surface area contributed by atoms with Gasteiger partial charge in [-0.2, -0.15) is 4.98 Å². The van der Waals surface area contributed by atoms with Crippen molar-refractivity contribution in [3.63, 3.8) is 0 Å². The molecule has 0 fully saturated rings. The Morgan fingerprint density at radius 1 is 1.03 bits per heavy atom. The third-order valence-corrected chi connectivity index (χ3v) is 4.16. The summed E-state index contributed by atoms with van der Waals surface area (Å²) in [5.74, 6) is -0.0793. The molecule has 0 saturated carbocycles. The van der Waals surface area contributed by atoms with Crippen molar-refractivity contribution in [3.8, 4) is 0 Å². The van der Waals surface area contributed by atoms with Crippen LogP contribution in [-0.4, -0.2) is 70.1 Å². The molecule has 0 aliphatic heterocycles. The van der Waals surface area contributed by atoms with Gasteiger partial charge in [0.2, 0.25) is 5.95 Å². The summed E-state index contributed by atoms with van der Waals surface area (Å²) in [6.07, 6.45) is 7.36. The Kier molecular flexibility index (Phi) is 5.89. The van der Waals surface area contributed by atoms with Gasteiger partial charge in [0.05, 0.1) is 6.33 Å². The molecule has 0 saturated heterocycles. The molecule has 15 nitrogen and oxygen atoms in total. The van der Waals surface area contributed by atoms with Gasteiger partial charge in [0.25, 0.3) is 5.56 Å². The summed E-state index contributed by atoms with van der Waals surface area (Å²) < 4.78 is 19.8. The lowest BCUT2D eigenvalue weighted by Crippen LogP contribution is -2.31. The van der Waals surface area contributed by atoms with Gasteiger partial charge in [-0.1, -0.05) is 0 Å². The topological polar surface area (TPSA) is 187 Å². The molecule has 3 N–H and O–H groups in total. The molecule has 0 aliphatic carbocycles. The lowest BCUT2D eigenvalue weighted by molar-refractivity contribution is -0.0543. The first kappa shape index (κ1) is 20.7. The normalized spacial score (nSPS) is 11.2. The van der Waals surface area contributed by atoms with Gasteiger partial charge in [-0.3, -0.25) is 14.3 Å². The van der Waals surface area contributed by atoms with E-state index in [1.807, 2.05) is 0 Å². The summed E-state index contributed by atoms with van der Waals surface area (Å²) in [7, 11) is 0. The molecule has 4 aromatic heterocycles. The predicted molar refractivity (Wildman–Crippen MR) is 105 cm³/mol. The maximum atomic E-state index is 12.1. The van der Waals surface area contributed by atoms with Gasteiger partial charge < -0.3 is 19.9 Å². The molecule has 0 radical (unpaired) electrons. The lowest BCUT2D eigenvalue weighted by atomic mass is 10.4. The maximum absolute atomic E-state index is 12.1. The van der Waals surface area contributed by atoms with Crippen LogP contribution >= 0.6 is 0 Å². The number of imidazole rings is 3. The van der Waals surface area contributed by atoms with Crippen molar-refractivity contribution in [1.82, 2.24) is 38.6 Å². The second-order valence-electron chi connectivity index (χ2n) is 6.35. The average Bonchev–Trinajstić information content (AvgIpc) is 3.54. The smallest absolute Gasteiger partial charge is 0.419 e. The molecule has 4 heterocycles. The minimum absolute atomic E-state index is 0.0793. The van der Waals surface area contributed by atoms with Gasteiger partial charge >= 0.3 is 12.2 Å². The molecule has 0 aromatic carbocycles. The van der Waals surface area contributed by atoms with Crippen LogP contribution in [0, 0.1) is 0 Å². The van der Waals surface area contributed by atoms with Gasteiger partial charge in [-0.05, 0) is 0 Å². The second-order valence-corrected chi connectivity index (χ2v) is 6.35. The molecule has 0 unspecified atom stereocenters. The largest absolute Gasteiger partial charge is 0.446 e. The maximum Gasteiger partial charge on any atom is 0.419 e. The van der Waals surface area contributed by atoms with Crippen LogP contribution in [0.2, 0.25) is 0 Å². The fourth-order valence-corrected chi connectivity index (χ4v) is 2.61. The molecule has 166 valence electrons. The third kappa shape index (κ3) is 4.62. The standard InChI is InChI=1S/C17H17N9O6/c18-15-22-13-12(14(27)23-15)21-9-26(13)10-32-11(5-30-16(28)24-3-1-19-7-24)6-31-17(29)25-4-2-20-8-25/h1-4,7-9,11H,5-6,10H2,(H3,18,22,23,27). The molecule has 0 atom stereocenters. The zero-order chi connectivity index (χ0) is 22.5. The number of hydrogen-bond donors (Lipinski definition) is 2. The van der Waals surface area contributed by atoms with Crippen LogP contribution in [0.15, 0.2) is 48.6 Å². The van der Waals surface area contributed by atoms with Crippen molar-refractivity contribution in [2.45, 2.75) is 12.8 Å². The zero-order valence-electron chi connectivity index (χ0n) is 16.4. The average molecular weight is 443 g/mol. The number of H-pyrrole nitrogens is 1. The number of nitrogens with two attached hydrogens (primary N) is 1. The van der Waals surface area contributed by atoms with Gasteiger partial charge in [-0.25, -0.2) is 33.7 Å². The monoisotopic (exact) mass is 443 g/mol. The molecule has 15 heteroatoms. The van der Waals surface area contributed by atoms with E-state index in [0.29, 0.717) is 0 Å². The number of ether oxygens (including phenoxy) is 3. The Labute approximate surface area is 178 Å². The van der Waals surface area contributed by atoms with Crippen LogP contribution in [-0.2, 0) is 20.9 Å². The predicted octanol–water partition coefficient (Wildman–Crippen LogP) is -0.193. The van der Waals surface area contributed by atoms with Crippen LogP contribution in [0.3, 0.4) is 0 Å². The second kappa shape index (κ2) is 9.09. The number of aromatic amines is 1. The minimum atomic E-state index is -0.855. The minimum Gasteiger partial charge on any atom is -0.446 e. The van der Waals surface area contributed by atoms with E-state index in [1.165, 1.54) is 48.3 Å². The number of aromatic nitrogens is 8. The van der Waals surface area contributed by atoms with E-state index in [0.717, 1.165) is 9.13 Å². The van der Waals surface area contributed by atoms with Gasteiger partial charge in [0.15, 0.2) is 11.2 Å².